The molecule has 1 atom stereocenters. The molecule has 1 heterocycles. The number of urea groups is 1. The Labute approximate surface area is 110 Å². The van der Waals surface area contributed by atoms with Crippen molar-refractivity contribution in [2.75, 3.05) is 18.4 Å². The Bertz CT molecular complexity index is 404. The summed E-state index contributed by atoms with van der Waals surface area (Å²) in [5.74, 6) is -1.57. The average Bonchev–Trinajstić information content (AvgIpc) is 2.76. The molecule has 0 radical (unpaired) electrons. The maximum atomic E-state index is 13.2. The third-order valence-corrected chi connectivity index (χ3v) is 2.60. The van der Waals surface area contributed by atoms with Crippen LogP contribution in [0.4, 0.5) is 19.3 Å². The van der Waals surface area contributed by atoms with Crippen LogP contribution in [-0.4, -0.2) is 25.2 Å². The third-order valence-electron chi connectivity index (χ3n) is 2.60. The van der Waals surface area contributed by atoms with Gasteiger partial charge in [0.15, 0.2) is 0 Å². The van der Waals surface area contributed by atoms with Gasteiger partial charge in [0.1, 0.15) is 17.3 Å². The summed E-state index contributed by atoms with van der Waals surface area (Å²) in [5, 5.41) is 7.89. The monoisotopic (exact) mass is 277 g/mol. The molecule has 100 valence electrons. The topological polar surface area (TPSA) is 53.2 Å². The molecule has 1 fully saturated rings. The molecular weight excluding hydrogens is 264 g/mol. The van der Waals surface area contributed by atoms with Crippen LogP contribution >= 0.6 is 12.4 Å². The number of carbonyl (C=O) groups excluding carboxylic acids is 1. The Morgan fingerprint density at radius 1 is 1.33 bits per heavy atom. The molecule has 0 bridgehead atoms. The number of amides is 2. The van der Waals surface area contributed by atoms with E-state index in [4.69, 9.17) is 0 Å². The van der Waals surface area contributed by atoms with Gasteiger partial charge < -0.3 is 16.0 Å². The van der Waals surface area contributed by atoms with Crippen molar-refractivity contribution in [1.82, 2.24) is 10.6 Å². The minimum atomic E-state index is -0.787. The third kappa shape index (κ3) is 3.54. The molecule has 2 rings (SSSR count). The van der Waals surface area contributed by atoms with Crippen LogP contribution < -0.4 is 16.0 Å². The zero-order chi connectivity index (χ0) is 12.3. The number of hydrogen-bond acceptors (Lipinski definition) is 2. The Kier molecular flexibility index (Phi) is 5.30. The van der Waals surface area contributed by atoms with Crippen molar-refractivity contribution in [2.24, 2.45) is 0 Å². The van der Waals surface area contributed by atoms with Crippen molar-refractivity contribution in [2.45, 2.75) is 12.5 Å². The second-order valence-electron chi connectivity index (χ2n) is 3.88. The molecule has 0 saturated carbocycles. The van der Waals surface area contributed by atoms with E-state index in [0.29, 0.717) is 6.54 Å². The van der Waals surface area contributed by atoms with Crippen LogP contribution in [0.3, 0.4) is 0 Å². The van der Waals surface area contributed by atoms with E-state index in [-0.39, 0.29) is 18.4 Å². The van der Waals surface area contributed by atoms with Crippen LogP contribution in [0.2, 0.25) is 0 Å². The molecule has 0 aromatic heterocycles. The summed E-state index contributed by atoms with van der Waals surface area (Å²) in [4.78, 5) is 11.5. The van der Waals surface area contributed by atoms with Crippen LogP contribution in [0.25, 0.3) is 0 Å². The minimum Gasteiger partial charge on any atom is -0.334 e. The average molecular weight is 278 g/mol. The second kappa shape index (κ2) is 6.51. The lowest BCUT2D eigenvalue weighted by atomic mass is 10.2. The highest BCUT2D eigenvalue weighted by molar-refractivity contribution is 5.89. The van der Waals surface area contributed by atoms with Crippen molar-refractivity contribution >= 4 is 24.1 Å². The van der Waals surface area contributed by atoms with Gasteiger partial charge in [-0.05, 0) is 25.1 Å². The lowest BCUT2D eigenvalue weighted by Crippen LogP contribution is -2.39. The molecule has 18 heavy (non-hydrogen) atoms. The van der Waals surface area contributed by atoms with Gasteiger partial charge in [-0.2, -0.15) is 0 Å². The first-order valence-corrected chi connectivity index (χ1v) is 5.39. The summed E-state index contributed by atoms with van der Waals surface area (Å²) >= 11 is 0. The zero-order valence-corrected chi connectivity index (χ0v) is 10.3. The zero-order valence-electron chi connectivity index (χ0n) is 9.50. The fourth-order valence-corrected chi connectivity index (χ4v) is 1.73. The maximum Gasteiger partial charge on any atom is 0.319 e. The molecule has 2 amide bonds. The van der Waals surface area contributed by atoms with Gasteiger partial charge in [0.05, 0.1) is 0 Å². The van der Waals surface area contributed by atoms with Crippen molar-refractivity contribution in [1.29, 1.82) is 0 Å². The van der Waals surface area contributed by atoms with Crippen molar-refractivity contribution in [3.8, 4) is 0 Å². The van der Waals surface area contributed by atoms with Crippen LogP contribution in [0.5, 0.6) is 0 Å². The molecule has 1 saturated heterocycles. The van der Waals surface area contributed by atoms with Gasteiger partial charge in [-0.1, -0.05) is 6.07 Å². The fraction of sp³-hybridized carbons (Fsp3) is 0.364. The first kappa shape index (κ1) is 14.7. The highest BCUT2D eigenvalue weighted by Crippen LogP contribution is 2.17. The molecule has 4 nitrogen and oxygen atoms in total. The normalized spacial score (nSPS) is 18.0. The van der Waals surface area contributed by atoms with Gasteiger partial charge in [-0.25, -0.2) is 13.6 Å². The number of anilines is 1. The standard InChI is InChI=1S/C11H13F2N3O.ClH/c12-8-2-1-3-9(13)10(8)16-11(17)15-7-4-5-14-6-7;/h1-3,7,14H,4-6H2,(H2,15,16,17);1H/t7-;/m1./s1. The van der Waals surface area contributed by atoms with Crippen molar-refractivity contribution in [3.63, 3.8) is 0 Å². The Morgan fingerprint density at radius 3 is 2.56 bits per heavy atom. The Morgan fingerprint density at radius 2 is 2.00 bits per heavy atom. The Balaban J connectivity index is 0.00000162. The van der Waals surface area contributed by atoms with E-state index in [0.717, 1.165) is 25.1 Å². The second-order valence-corrected chi connectivity index (χ2v) is 3.88. The number of benzene rings is 1. The molecule has 0 unspecified atom stereocenters. The summed E-state index contributed by atoms with van der Waals surface area (Å²) in [5.41, 5.74) is -0.420. The summed E-state index contributed by atoms with van der Waals surface area (Å²) in [6.45, 7) is 1.51. The van der Waals surface area contributed by atoms with Gasteiger partial charge in [0, 0.05) is 12.6 Å². The number of nitrogens with one attached hydrogen (secondary N) is 3. The molecule has 1 aliphatic rings. The number of hydrogen-bond donors (Lipinski definition) is 3. The molecule has 1 aromatic rings. The predicted octanol–water partition coefficient (Wildman–Crippen LogP) is 1.87. The van der Waals surface area contributed by atoms with E-state index < -0.39 is 23.4 Å². The van der Waals surface area contributed by atoms with E-state index in [1.165, 1.54) is 6.07 Å². The molecular formula is C11H14ClF2N3O. The highest BCUT2D eigenvalue weighted by atomic mass is 35.5. The van der Waals surface area contributed by atoms with Crippen molar-refractivity contribution < 1.29 is 13.6 Å². The van der Waals surface area contributed by atoms with Gasteiger partial charge in [0.2, 0.25) is 0 Å². The van der Waals surface area contributed by atoms with Gasteiger partial charge in [0.25, 0.3) is 0 Å². The van der Waals surface area contributed by atoms with Gasteiger partial charge >= 0.3 is 6.03 Å². The van der Waals surface area contributed by atoms with E-state index in [2.05, 4.69) is 16.0 Å². The molecule has 0 spiro atoms. The highest BCUT2D eigenvalue weighted by Gasteiger charge is 2.18. The fourth-order valence-electron chi connectivity index (χ4n) is 1.73. The SMILES string of the molecule is Cl.O=C(Nc1c(F)cccc1F)N[C@@H]1CCNC1. The van der Waals surface area contributed by atoms with Crippen LogP contribution in [0.15, 0.2) is 18.2 Å². The molecule has 0 aliphatic carbocycles. The molecule has 7 heteroatoms. The maximum absolute atomic E-state index is 13.2. The summed E-state index contributed by atoms with van der Waals surface area (Å²) in [6.07, 6.45) is 0.813. The largest absolute Gasteiger partial charge is 0.334 e. The lowest BCUT2D eigenvalue weighted by Gasteiger charge is -2.13. The summed E-state index contributed by atoms with van der Waals surface area (Å²) in [7, 11) is 0. The number of carbonyl (C=O) groups is 1. The number of para-hydroxylation sites is 1. The van der Waals surface area contributed by atoms with Gasteiger partial charge in [-0.3, -0.25) is 0 Å². The van der Waals surface area contributed by atoms with E-state index >= 15 is 0 Å². The molecule has 1 aromatic carbocycles. The summed E-state index contributed by atoms with van der Waals surface area (Å²) in [6, 6.07) is 2.84. The van der Waals surface area contributed by atoms with Crippen LogP contribution in [-0.2, 0) is 0 Å². The summed E-state index contributed by atoms with van der Waals surface area (Å²) < 4.78 is 26.5. The first-order chi connectivity index (χ1) is 8.16. The van der Waals surface area contributed by atoms with E-state index in [9.17, 15) is 13.6 Å². The molecule has 1 aliphatic heterocycles. The van der Waals surface area contributed by atoms with Crippen LogP contribution in [0.1, 0.15) is 6.42 Å². The van der Waals surface area contributed by atoms with Gasteiger partial charge in [-0.15, -0.1) is 12.4 Å². The van der Waals surface area contributed by atoms with E-state index in [1.807, 2.05) is 0 Å². The number of rotatable bonds is 2. The lowest BCUT2D eigenvalue weighted by molar-refractivity contribution is 0.249. The van der Waals surface area contributed by atoms with Crippen molar-refractivity contribution in [3.05, 3.63) is 29.8 Å². The Hall–Kier alpha value is -1.40. The van der Waals surface area contributed by atoms with Crippen LogP contribution in [0, 0.1) is 11.6 Å². The minimum absolute atomic E-state index is 0. The smallest absolute Gasteiger partial charge is 0.319 e. The predicted molar refractivity (Wildman–Crippen MR) is 67.0 cm³/mol. The quantitative estimate of drug-likeness (QED) is 0.773. The number of halogens is 3. The first-order valence-electron chi connectivity index (χ1n) is 5.39. The van der Waals surface area contributed by atoms with E-state index in [1.54, 1.807) is 0 Å². The molecule has 3 N–H and O–H groups in total.